The highest BCUT2D eigenvalue weighted by molar-refractivity contribution is 4.74. The molecule has 0 spiro atoms. The highest BCUT2D eigenvalue weighted by Gasteiger charge is 2.23. The molecule has 0 bridgehead atoms. The highest BCUT2D eigenvalue weighted by Crippen LogP contribution is 2.36. The lowest BCUT2D eigenvalue weighted by atomic mass is 9.79. The summed E-state index contributed by atoms with van der Waals surface area (Å²) < 4.78 is 0. The van der Waals surface area contributed by atoms with Crippen molar-refractivity contribution in [3.8, 4) is 0 Å². The molecule has 2 unspecified atom stereocenters. The van der Waals surface area contributed by atoms with Gasteiger partial charge in [-0.2, -0.15) is 0 Å². The Hall–Kier alpha value is 0. The van der Waals surface area contributed by atoms with Crippen LogP contribution in [0, 0.1) is 17.3 Å². The second kappa shape index (κ2) is 4.48. The first kappa shape index (κ1) is 11.1. The van der Waals surface area contributed by atoms with Gasteiger partial charge in [-0.3, -0.25) is 0 Å². The summed E-state index contributed by atoms with van der Waals surface area (Å²) in [5, 5.41) is 0. The average Bonchev–Trinajstić information content (AvgIpc) is 2.02. The van der Waals surface area contributed by atoms with Gasteiger partial charge in [-0.15, -0.1) is 0 Å². The SMILES string of the molecule is CC1CCCC(C)(C)CC(C)CC1. The first-order valence-electron chi connectivity index (χ1n) is 5.99. The van der Waals surface area contributed by atoms with Gasteiger partial charge in [0.25, 0.3) is 0 Å². The van der Waals surface area contributed by atoms with Crippen LogP contribution >= 0.6 is 0 Å². The summed E-state index contributed by atoms with van der Waals surface area (Å²) in [4.78, 5) is 0. The van der Waals surface area contributed by atoms with E-state index in [1.807, 2.05) is 0 Å². The summed E-state index contributed by atoms with van der Waals surface area (Å²) in [6.07, 6.45) is 8.67. The fourth-order valence-corrected chi connectivity index (χ4v) is 2.79. The van der Waals surface area contributed by atoms with E-state index in [9.17, 15) is 0 Å². The minimum atomic E-state index is 0.601. The Morgan fingerprint density at radius 3 is 2.23 bits per heavy atom. The van der Waals surface area contributed by atoms with Crippen molar-refractivity contribution in [3.63, 3.8) is 0 Å². The normalized spacial score (nSPS) is 36.0. The van der Waals surface area contributed by atoms with E-state index in [-0.39, 0.29) is 0 Å². The van der Waals surface area contributed by atoms with Crippen LogP contribution in [0.25, 0.3) is 0 Å². The molecule has 1 saturated carbocycles. The van der Waals surface area contributed by atoms with E-state index >= 15 is 0 Å². The Kier molecular flexibility index (Phi) is 3.82. The van der Waals surface area contributed by atoms with Gasteiger partial charge in [0.1, 0.15) is 0 Å². The van der Waals surface area contributed by atoms with Crippen molar-refractivity contribution in [1.29, 1.82) is 0 Å². The maximum Gasteiger partial charge on any atom is -0.0352 e. The van der Waals surface area contributed by atoms with Crippen LogP contribution in [0.5, 0.6) is 0 Å². The fraction of sp³-hybridized carbons (Fsp3) is 1.00. The molecule has 0 heterocycles. The highest BCUT2D eigenvalue weighted by atomic mass is 14.3. The predicted molar refractivity (Wildman–Crippen MR) is 59.8 cm³/mol. The third-order valence-electron chi connectivity index (χ3n) is 3.60. The molecule has 0 radical (unpaired) electrons. The van der Waals surface area contributed by atoms with E-state index in [0.717, 1.165) is 11.8 Å². The van der Waals surface area contributed by atoms with Crippen LogP contribution in [0.3, 0.4) is 0 Å². The van der Waals surface area contributed by atoms with Crippen molar-refractivity contribution in [2.45, 2.75) is 66.2 Å². The van der Waals surface area contributed by atoms with Gasteiger partial charge in [-0.1, -0.05) is 53.4 Å². The van der Waals surface area contributed by atoms with E-state index in [1.165, 1.54) is 38.5 Å². The smallest absolute Gasteiger partial charge is 0.0352 e. The molecule has 78 valence electrons. The molecule has 0 N–H and O–H groups in total. The molecule has 1 rings (SSSR count). The maximum absolute atomic E-state index is 2.44. The molecule has 0 amide bonds. The molecule has 0 aliphatic heterocycles. The molecule has 0 nitrogen and oxygen atoms in total. The van der Waals surface area contributed by atoms with Gasteiger partial charge in [0.2, 0.25) is 0 Å². The van der Waals surface area contributed by atoms with Gasteiger partial charge in [0.15, 0.2) is 0 Å². The monoisotopic (exact) mass is 182 g/mol. The van der Waals surface area contributed by atoms with Crippen molar-refractivity contribution in [1.82, 2.24) is 0 Å². The average molecular weight is 182 g/mol. The maximum atomic E-state index is 2.44. The third-order valence-corrected chi connectivity index (χ3v) is 3.60. The van der Waals surface area contributed by atoms with Crippen molar-refractivity contribution in [2.75, 3.05) is 0 Å². The summed E-state index contributed by atoms with van der Waals surface area (Å²) in [7, 11) is 0. The molecule has 1 fully saturated rings. The largest absolute Gasteiger partial charge is 0.0625 e. The minimum Gasteiger partial charge on any atom is -0.0625 e. The van der Waals surface area contributed by atoms with Gasteiger partial charge in [-0.05, 0) is 30.1 Å². The first-order chi connectivity index (χ1) is 5.99. The van der Waals surface area contributed by atoms with Gasteiger partial charge < -0.3 is 0 Å². The van der Waals surface area contributed by atoms with Crippen LogP contribution in [0.4, 0.5) is 0 Å². The van der Waals surface area contributed by atoms with Crippen LogP contribution in [0.1, 0.15) is 66.2 Å². The lowest BCUT2D eigenvalue weighted by Gasteiger charge is -2.27. The Labute approximate surface area is 84.1 Å². The van der Waals surface area contributed by atoms with Crippen LogP contribution < -0.4 is 0 Å². The van der Waals surface area contributed by atoms with Gasteiger partial charge in [0.05, 0.1) is 0 Å². The molecule has 2 atom stereocenters. The number of hydrogen-bond donors (Lipinski definition) is 0. The van der Waals surface area contributed by atoms with Gasteiger partial charge in [0, 0.05) is 0 Å². The van der Waals surface area contributed by atoms with Crippen LogP contribution in [-0.4, -0.2) is 0 Å². The molecule has 0 aromatic carbocycles. The lowest BCUT2D eigenvalue weighted by Crippen LogP contribution is -2.14. The Morgan fingerprint density at radius 2 is 1.54 bits per heavy atom. The zero-order valence-electron chi connectivity index (χ0n) is 9.90. The van der Waals surface area contributed by atoms with Crippen molar-refractivity contribution < 1.29 is 0 Å². The second-order valence-corrected chi connectivity index (χ2v) is 6.05. The van der Waals surface area contributed by atoms with E-state index in [0.29, 0.717) is 5.41 Å². The lowest BCUT2D eigenvalue weighted by molar-refractivity contribution is 0.251. The van der Waals surface area contributed by atoms with Gasteiger partial charge >= 0.3 is 0 Å². The van der Waals surface area contributed by atoms with Crippen molar-refractivity contribution in [2.24, 2.45) is 17.3 Å². The Morgan fingerprint density at radius 1 is 0.923 bits per heavy atom. The van der Waals surface area contributed by atoms with E-state index in [2.05, 4.69) is 27.7 Å². The summed E-state index contributed by atoms with van der Waals surface area (Å²) >= 11 is 0. The summed E-state index contributed by atoms with van der Waals surface area (Å²) in [5.41, 5.74) is 0.601. The molecule has 13 heavy (non-hydrogen) atoms. The Bertz CT molecular complexity index is 146. The van der Waals surface area contributed by atoms with E-state index in [1.54, 1.807) is 0 Å². The van der Waals surface area contributed by atoms with Crippen molar-refractivity contribution >= 4 is 0 Å². The molecule has 1 aliphatic rings. The molecule has 0 aromatic rings. The molecule has 1 aliphatic carbocycles. The fourth-order valence-electron chi connectivity index (χ4n) is 2.79. The summed E-state index contributed by atoms with van der Waals surface area (Å²) in [6.45, 7) is 9.74. The van der Waals surface area contributed by atoms with E-state index < -0.39 is 0 Å². The zero-order chi connectivity index (χ0) is 9.90. The minimum absolute atomic E-state index is 0.601. The third kappa shape index (κ3) is 4.15. The molecule has 0 aromatic heterocycles. The molecular weight excluding hydrogens is 156 g/mol. The molecular formula is C13H26. The second-order valence-electron chi connectivity index (χ2n) is 6.05. The van der Waals surface area contributed by atoms with Gasteiger partial charge in [-0.25, -0.2) is 0 Å². The molecule has 0 heteroatoms. The summed E-state index contributed by atoms with van der Waals surface area (Å²) in [6, 6.07) is 0. The molecule has 0 saturated heterocycles. The quantitative estimate of drug-likeness (QED) is 0.512. The topological polar surface area (TPSA) is 0 Å². The predicted octanol–water partition coefficient (Wildman–Crippen LogP) is 4.64. The van der Waals surface area contributed by atoms with Crippen LogP contribution in [0.2, 0.25) is 0 Å². The van der Waals surface area contributed by atoms with Crippen LogP contribution in [0.15, 0.2) is 0 Å². The standard InChI is InChI=1S/C13H26/c1-11-6-5-9-13(3,4)10-12(2)8-7-11/h11-12H,5-10H2,1-4H3. The zero-order valence-corrected chi connectivity index (χ0v) is 9.90. The van der Waals surface area contributed by atoms with E-state index in [4.69, 9.17) is 0 Å². The summed E-state index contributed by atoms with van der Waals surface area (Å²) in [5.74, 6) is 1.91. The first-order valence-corrected chi connectivity index (χ1v) is 5.99. The number of rotatable bonds is 0. The number of hydrogen-bond acceptors (Lipinski definition) is 0. The Balaban J connectivity index is 2.50. The van der Waals surface area contributed by atoms with Crippen molar-refractivity contribution in [3.05, 3.63) is 0 Å². The van der Waals surface area contributed by atoms with Crippen LogP contribution in [-0.2, 0) is 0 Å².